The highest BCUT2D eigenvalue weighted by atomic mass is 32.1. The monoisotopic (exact) mass is 237 g/mol. The third-order valence-electron chi connectivity index (χ3n) is 1.97. The molecule has 0 aliphatic heterocycles. The molecule has 4 heteroatoms. The van der Waals surface area contributed by atoms with E-state index in [1.165, 1.54) is 5.56 Å². The lowest BCUT2D eigenvalue weighted by Gasteiger charge is -2.11. The van der Waals surface area contributed by atoms with E-state index in [0.29, 0.717) is 0 Å². The molecule has 0 N–H and O–H groups in total. The zero-order valence-corrected chi connectivity index (χ0v) is 9.96. The van der Waals surface area contributed by atoms with Gasteiger partial charge in [0.25, 0.3) is 0 Å². The Kier molecular flexibility index (Phi) is 3.28. The molecule has 0 fully saturated rings. The number of benzene rings is 1. The lowest BCUT2D eigenvalue weighted by Crippen LogP contribution is -2.00. The van der Waals surface area contributed by atoms with Crippen LogP contribution in [0.5, 0.6) is 5.75 Å². The zero-order chi connectivity index (χ0) is 10.7. The summed E-state index contributed by atoms with van der Waals surface area (Å²) in [6.45, 7) is 2.04. The van der Waals surface area contributed by atoms with Crippen molar-refractivity contribution in [1.82, 2.24) is 4.98 Å². The quantitative estimate of drug-likeness (QED) is 0.652. The van der Waals surface area contributed by atoms with Crippen molar-refractivity contribution >= 4 is 24.0 Å². The van der Waals surface area contributed by atoms with Gasteiger partial charge in [0.2, 0.25) is 0 Å². The fourth-order valence-corrected chi connectivity index (χ4v) is 2.08. The number of hydrogen-bond acceptors (Lipinski definition) is 4. The summed E-state index contributed by atoms with van der Waals surface area (Å²) in [5, 5.41) is 1.94. The SMILES string of the molecule is Cc1ccc(OC(S)c2cscn2)cc1. The normalized spacial score (nSPS) is 12.4. The maximum absolute atomic E-state index is 5.62. The minimum absolute atomic E-state index is 0.293. The Labute approximate surface area is 98.3 Å². The van der Waals surface area contributed by atoms with Crippen molar-refractivity contribution in [2.75, 3.05) is 0 Å². The second-order valence-corrected chi connectivity index (χ2v) is 4.38. The lowest BCUT2D eigenvalue weighted by molar-refractivity contribution is 0.293. The van der Waals surface area contributed by atoms with Crippen LogP contribution in [0.1, 0.15) is 16.7 Å². The molecule has 0 saturated heterocycles. The van der Waals surface area contributed by atoms with Gasteiger partial charge < -0.3 is 4.74 Å². The molecule has 1 aromatic carbocycles. The molecular weight excluding hydrogens is 226 g/mol. The van der Waals surface area contributed by atoms with Crippen LogP contribution in [0.4, 0.5) is 0 Å². The van der Waals surface area contributed by atoms with Crippen LogP contribution in [0.25, 0.3) is 0 Å². The van der Waals surface area contributed by atoms with Gasteiger partial charge in [-0.3, -0.25) is 0 Å². The van der Waals surface area contributed by atoms with Crippen molar-refractivity contribution in [3.8, 4) is 5.75 Å². The van der Waals surface area contributed by atoms with E-state index in [1.54, 1.807) is 16.8 Å². The third-order valence-corrected chi connectivity index (χ3v) is 2.95. The largest absolute Gasteiger partial charge is 0.474 e. The molecular formula is C11H11NOS2. The van der Waals surface area contributed by atoms with E-state index in [-0.39, 0.29) is 5.44 Å². The van der Waals surface area contributed by atoms with Crippen LogP contribution in [0.2, 0.25) is 0 Å². The van der Waals surface area contributed by atoms with Crippen molar-refractivity contribution < 1.29 is 4.74 Å². The molecule has 0 radical (unpaired) electrons. The summed E-state index contributed by atoms with van der Waals surface area (Å²) < 4.78 is 5.62. The molecule has 0 amide bonds. The molecule has 1 unspecified atom stereocenters. The van der Waals surface area contributed by atoms with E-state index in [9.17, 15) is 0 Å². The van der Waals surface area contributed by atoms with Gasteiger partial charge in [0, 0.05) is 5.38 Å². The number of thiol groups is 1. The number of ether oxygens (including phenoxy) is 1. The molecule has 0 spiro atoms. The molecule has 1 heterocycles. The van der Waals surface area contributed by atoms with E-state index in [4.69, 9.17) is 4.74 Å². The third kappa shape index (κ3) is 2.73. The Morgan fingerprint density at radius 1 is 1.33 bits per heavy atom. The second kappa shape index (κ2) is 4.68. The molecule has 0 saturated carbocycles. The van der Waals surface area contributed by atoms with Crippen molar-refractivity contribution in [2.24, 2.45) is 0 Å². The van der Waals surface area contributed by atoms with Crippen LogP contribution in [0, 0.1) is 6.92 Å². The van der Waals surface area contributed by atoms with Crippen LogP contribution < -0.4 is 4.74 Å². The average molecular weight is 237 g/mol. The molecule has 1 atom stereocenters. The van der Waals surface area contributed by atoms with Crippen molar-refractivity contribution in [3.63, 3.8) is 0 Å². The maximum Gasteiger partial charge on any atom is 0.184 e. The number of rotatable bonds is 3. The van der Waals surface area contributed by atoms with E-state index in [0.717, 1.165) is 11.4 Å². The molecule has 78 valence electrons. The minimum Gasteiger partial charge on any atom is -0.474 e. The van der Waals surface area contributed by atoms with E-state index < -0.39 is 0 Å². The minimum atomic E-state index is -0.293. The highest BCUT2D eigenvalue weighted by molar-refractivity contribution is 7.80. The van der Waals surface area contributed by atoms with Gasteiger partial charge in [-0.15, -0.1) is 24.0 Å². The highest BCUT2D eigenvalue weighted by Crippen LogP contribution is 2.24. The van der Waals surface area contributed by atoms with Crippen molar-refractivity contribution in [1.29, 1.82) is 0 Å². The van der Waals surface area contributed by atoms with Gasteiger partial charge in [0.15, 0.2) is 5.44 Å². The van der Waals surface area contributed by atoms with Crippen LogP contribution >= 0.6 is 24.0 Å². The Balaban J connectivity index is 2.06. The molecule has 2 rings (SSSR count). The summed E-state index contributed by atoms with van der Waals surface area (Å²) in [7, 11) is 0. The summed E-state index contributed by atoms with van der Waals surface area (Å²) in [5.41, 5.74) is 3.55. The van der Waals surface area contributed by atoms with Gasteiger partial charge in [0.05, 0.1) is 5.51 Å². The number of hydrogen-bond donors (Lipinski definition) is 1. The van der Waals surface area contributed by atoms with E-state index in [1.807, 2.05) is 36.6 Å². The first-order valence-corrected chi connectivity index (χ1v) is 6.01. The zero-order valence-electron chi connectivity index (χ0n) is 8.25. The first-order valence-electron chi connectivity index (χ1n) is 4.55. The topological polar surface area (TPSA) is 22.1 Å². The molecule has 2 aromatic rings. The second-order valence-electron chi connectivity index (χ2n) is 3.20. The summed E-state index contributed by atoms with van der Waals surface area (Å²) in [6.07, 6.45) is 0. The predicted octanol–water partition coefficient (Wildman–Crippen LogP) is 3.46. The predicted molar refractivity (Wildman–Crippen MR) is 65.6 cm³/mol. The summed E-state index contributed by atoms with van der Waals surface area (Å²) in [5.74, 6) is 0.814. The Hall–Kier alpha value is -1.00. The number of thiazole rings is 1. The van der Waals surface area contributed by atoms with Gasteiger partial charge in [-0.25, -0.2) is 4.98 Å². The molecule has 15 heavy (non-hydrogen) atoms. The fraction of sp³-hybridized carbons (Fsp3) is 0.182. The number of aromatic nitrogens is 1. The first-order chi connectivity index (χ1) is 7.25. The highest BCUT2D eigenvalue weighted by Gasteiger charge is 2.09. The standard InChI is InChI=1S/C11H11NOS2/c1-8-2-4-9(5-3-8)13-11(14)10-6-15-7-12-10/h2-7,11,14H,1H3. The molecule has 0 aliphatic carbocycles. The van der Waals surface area contributed by atoms with Crippen LogP contribution in [0.3, 0.4) is 0 Å². The number of nitrogens with zero attached hydrogens (tertiary/aromatic N) is 1. The van der Waals surface area contributed by atoms with Gasteiger partial charge in [-0.05, 0) is 19.1 Å². The van der Waals surface area contributed by atoms with Crippen LogP contribution in [-0.4, -0.2) is 4.98 Å². The first kappa shape index (κ1) is 10.5. The van der Waals surface area contributed by atoms with Crippen LogP contribution in [0.15, 0.2) is 35.2 Å². The Morgan fingerprint density at radius 2 is 2.07 bits per heavy atom. The number of aryl methyl sites for hydroxylation is 1. The molecule has 0 bridgehead atoms. The summed E-state index contributed by atoms with van der Waals surface area (Å²) >= 11 is 5.89. The van der Waals surface area contributed by atoms with Gasteiger partial charge >= 0.3 is 0 Å². The molecule has 0 aliphatic rings. The van der Waals surface area contributed by atoms with E-state index in [2.05, 4.69) is 17.6 Å². The van der Waals surface area contributed by atoms with Crippen molar-refractivity contribution in [2.45, 2.75) is 12.4 Å². The summed E-state index contributed by atoms with van der Waals surface area (Å²) in [4.78, 5) is 4.15. The van der Waals surface area contributed by atoms with Crippen LogP contribution in [-0.2, 0) is 0 Å². The van der Waals surface area contributed by atoms with Crippen molar-refractivity contribution in [3.05, 3.63) is 46.4 Å². The van der Waals surface area contributed by atoms with Gasteiger partial charge in [0.1, 0.15) is 11.4 Å². The Morgan fingerprint density at radius 3 is 2.67 bits per heavy atom. The summed E-state index contributed by atoms with van der Waals surface area (Å²) in [6, 6.07) is 7.89. The maximum atomic E-state index is 5.62. The lowest BCUT2D eigenvalue weighted by atomic mass is 10.2. The molecule has 1 aromatic heterocycles. The molecule has 2 nitrogen and oxygen atoms in total. The van der Waals surface area contributed by atoms with E-state index >= 15 is 0 Å². The van der Waals surface area contributed by atoms with Gasteiger partial charge in [-0.1, -0.05) is 17.7 Å². The average Bonchev–Trinajstić information content (AvgIpc) is 2.74. The van der Waals surface area contributed by atoms with Gasteiger partial charge in [-0.2, -0.15) is 0 Å². The smallest absolute Gasteiger partial charge is 0.184 e. The fourth-order valence-electron chi connectivity index (χ4n) is 1.15. The Bertz CT molecular complexity index is 411.